The number of hydrogen-bond acceptors (Lipinski definition) is 8. The highest BCUT2D eigenvalue weighted by Gasteiger charge is 2.23. The van der Waals surface area contributed by atoms with Gasteiger partial charge in [-0.05, 0) is 147 Å². The van der Waals surface area contributed by atoms with Crippen LogP contribution < -0.4 is 10.6 Å². The minimum atomic E-state index is -3.98. The van der Waals surface area contributed by atoms with Crippen molar-refractivity contribution in [3.63, 3.8) is 0 Å². The molecular weight excluding hydrogens is 962 g/mol. The lowest BCUT2D eigenvalue weighted by Crippen LogP contribution is -2.11. The quantitative estimate of drug-likeness (QED) is 0.0347. The highest BCUT2D eigenvalue weighted by molar-refractivity contribution is 7.91. The van der Waals surface area contributed by atoms with E-state index in [0.717, 1.165) is 130 Å². The van der Waals surface area contributed by atoms with Gasteiger partial charge in [-0.15, -0.1) is 0 Å². The van der Waals surface area contributed by atoms with Gasteiger partial charge in [0.1, 0.15) is 22.3 Å². The molecule has 6 rings (SSSR count). The van der Waals surface area contributed by atoms with Crippen molar-refractivity contribution in [3.8, 4) is 0 Å². The Hall–Kier alpha value is -6.45. The molecule has 6 aromatic rings. The summed E-state index contributed by atoms with van der Waals surface area (Å²) in [5.74, 6) is -4.69. The predicted molar refractivity (Wildman–Crippen MR) is 279 cm³/mol. The first-order valence-corrected chi connectivity index (χ1v) is 27.8. The van der Waals surface area contributed by atoms with Gasteiger partial charge < -0.3 is 20.8 Å². The number of aryl methyl sites for hydroxylation is 5. The van der Waals surface area contributed by atoms with Crippen LogP contribution in [0.25, 0.3) is 0 Å². The van der Waals surface area contributed by atoms with Crippen LogP contribution in [-0.4, -0.2) is 63.6 Å². The summed E-state index contributed by atoms with van der Waals surface area (Å²) in [6.45, 7) is 3.31. The number of carboxylic acid groups (broad SMARTS) is 2. The second kappa shape index (κ2) is 28.6. The van der Waals surface area contributed by atoms with E-state index in [1.54, 1.807) is 31.2 Å². The van der Waals surface area contributed by atoms with Gasteiger partial charge in [0.25, 0.3) is 0 Å². The third-order valence-electron chi connectivity index (χ3n) is 12.3. The number of para-hydroxylation sites is 2. The number of hydrogen-bond donors (Lipinski definition) is 4. The summed E-state index contributed by atoms with van der Waals surface area (Å²) < 4.78 is 90.5. The van der Waals surface area contributed by atoms with Crippen molar-refractivity contribution in [2.75, 3.05) is 35.2 Å². The highest BCUT2D eigenvalue weighted by atomic mass is 32.2. The van der Waals surface area contributed by atoms with E-state index in [1.165, 1.54) is 23.3 Å². The summed E-state index contributed by atoms with van der Waals surface area (Å²) in [4.78, 5) is 21.3. The Bertz CT molecular complexity index is 2890. The molecule has 72 heavy (non-hydrogen) atoms. The van der Waals surface area contributed by atoms with E-state index in [0.29, 0.717) is 30.4 Å². The van der Waals surface area contributed by atoms with Gasteiger partial charge >= 0.3 is 11.9 Å². The number of aromatic carboxylic acids is 2. The second-order valence-corrected chi connectivity index (χ2v) is 21.9. The molecule has 0 unspecified atom stereocenters. The summed E-state index contributed by atoms with van der Waals surface area (Å²) in [5.41, 5.74) is 7.92. The molecule has 0 saturated heterocycles. The number of rotatable bonds is 28. The van der Waals surface area contributed by atoms with Crippen molar-refractivity contribution in [2.24, 2.45) is 0 Å². The Morgan fingerprint density at radius 3 is 1.35 bits per heavy atom. The van der Waals surface area contributed by atoms with E-state index in [9.17, 15) is 39.6 Å². The van der Waals surface area contributed by atoms with Crippen LogP contribution in [0.2, 0.25) is 0 Å². The molecule has 0 radical (unpaired) electrons. The molecule has 0 atom stereocenters. The molecule has 0 bridgehead atoms. The minimum absolute atomic E-state index is 0.0436. The average Bonchev–Trinajstić information content (AvgIpc) is 3.35. The fourth-order valence-corrected chi connectivity index (χ4v) is 11.4. The van der Waals surface area contributed by atoms with Gasteiger partial charge in [0.2, 0.25) is 0 Å². The number of benzene rings is 6. The van der Waals surface area contributed by atoms with Crippen LogP contribution in [0.15, 0.2) is 143 Å². The Labute approximate surface area is 422 Å². The van der Waals surface area contributed by atoms with E-state index >= 15 is 0 Å². The molecule has 10 nitrogen and oxygen atoms in total. The number of halogens is 3. The first-order valence-electron chi connectivity index (χ1n) is 24.5. The maximum Gasteiger partial charge on any atom is 0.335 e. The van der Waals surface area contributed by atoms with Crippen molar-refractivity contribution < 1.29 is 49.8 Å². The lowest BCUT2D eigenvalue weighted by molar-refractivity contribution is 0.0686. The zero-order valence-corrected chi connectivity index (χ0v) is 42.4. The van der Waals surface area contributed by atoms with Crippen LogP contribution in [0.4, 0.5) is 24.5 Å². The monoisotopic (exact) mass is 1030 g/mol. The molecule has 0 heterocycles. The Kier molecular flexibility index (Phi) is 22.4. The van der Waals surface area contributed by atoms with E-state index in [4.69, 9.17) is 10.2 Å². The van der Waals surface area contributed by atoms with Gasteiger partial charge in [-0.25, -0.2) is 39.6 Å². The second-order valence-electron chi connectivity index (χ2n) is 17.8. The minimum Gasteiger partial charge on any atom is -0.478 e. The molecule has 0 fully saturated rings. The molecule has 0 saturated carbocycles. The largest absolute Gasteiger partial charge is 0.478 e. The standard InChI is InChI=1S/C29H34FNO4S.C28H31F2NO4S/c1-22-11-18-26(30)21-28(22)36(34,35)20-8-4-2-3-7-19-31-27-10-6-5-9-24(27)15-12-23-13-16-25(17-14-23)29(32)33;29-24-10-8-11-25(30)27(24)36(34,35)20-7-3-1-2-6-19-31-26-12-5-4-9-22(26)16-13-21-14-17-23(18-15-21)28(32)33/h5-6,9-11,13-14,16-18,21,31H,2-4,7-8,12,15,19-20H2,1H3,(H,32,33);4-5,8-12,14-15,17-18,31H,1-3,6-7,13,16,19-20H2,(H,32,33). The van der Waals surface area contributed by atoms with Gasteiger partial charge in [-0.3, -0.25) is 0 Å². The number of anilines is 2. The third kappa shape index (κ3) is 18.3. The van der Waals surface area contributed by atoms with Crippen LogP contribution in [0, 0.1) is 24.4 Å². The number of nitrogens with one attached hydrogen (secondary N) is 2. The number of carboxylic acids is 2. The Morgan fingerprint density at radius 1 is 0.472 bits per heavy atom. The lowest BCUT2D eigenvalue weighted by Gasteiger charge is -2.12. The van der Waals surface area contributed by atoms with Gasteiger partial charge in [-0.1, -0.05) is 111 Å². The van der Waals surface area contributed by atoms with Crippen molar-refractivity contribution in [1.29, 1.82) is 0 Å². The Morgan fingerprint density at radius 2 is 0.889 bits per heavy atom. The molecule has 0 aliphatic rings. The summed E-state index contributed by atoms with van der Waals surface area (Å²) in [5, 5.41) is 25.0. The van der Waals surface area contributed by atoms with E-state index in [-0.39, 0.29) is 22.0 Å². The average molecular weight is 1030 g/mol. The first kappa shape index (κ1) is 56.5. The van der Waals surface area contributed by atoms with Crippen molar-refractivity contribution >= 4 is 43.0 Å². The van der Waals surface area contributed by atoms with Gasteiger partial charge in [0, 0.05) is 24.5 Å². The van der Waals surface area contributed by atoms with E-state index in [1.807, 2.05) is 54.6 Å². The number of sulfone groups is 2. The van der Waals surface area contributed by atoms with Crippen LogP contribution in [0.5, 0.6) is 0 Å². The summed E-state index contributed by atoms with van der Waals surface area (Å²) in [7, 11) is -7.44. The lowest BCUT2D eigenvalue weighted by atomic mass is 10.0. The van der Waals surface area contributed by atoms with Gasteiger partial charge in [-0.2, -0.15) is 0 Å². The highest BCUT2D eigenvalue weighted by Crippen LogP contribution is 2.24. The SMILES string of the molecule is Cc1ccc(F)cc1S(=O)(=O)CCCCCCCNc1ccccc1CCc1ccc(C(=O)O)cc1.O=C(O)c1ccc(CCc2ccccc2NCCCCCCCS(=O)(=O)c2c(F)cccc2F)cc1. The van der Waals surface area contributed by atoms with Crippen LogP contribution in [-0.2, 0) is 45.4 Å². The van der Waals surface area contributed by atoms with Crippen LogP contribution >= 0.6 is 0 Å². The van der Waals surface area contributed by atoms with Crippen molar-refractivity contribution in [2.45, 2.75) is 107 Å². The molecule has 0 amide bonds. The maximum atomic E-state index is 13.8. The predicted octanol–water partition coefficient (Wildman–Crippen LogP) is 12.7. The maximum absolute atomic E-state index is 13.8. The number of carbonyl (C=O) groups is 2. The molecule has 0 aromatic heterocycles. The zero-order chi connectivity index (χ0) is 51.9. The summed E-state index contributed by atoms with van der Waals surface area (Å²) in [6, 6.07) is 37.2. The normalized spacial score (nSPS) is 11.4. The first-order chi connectivity index (χ1) is 34.5. The van der Waals surface area contributed by atoms with Gasteiger partial charge in [0.05, 0.1) is 27.5 Å². The fourth-order valence-electron chi connectivity index (χ4n) is 8.25. The smallest absolute Gasteiger partial charge is 0.335 e. The molecular formula is C57H65F3N2O8S2. The molecule has 15 heteroatoms. The topological polar surface area (TPSA) is 167 Å². The van der Waals surface area contributed by atoms with Gasteiger partial charge in [0.15, 0.2) is 19.7 Å². The summed E-state index contributed by atoms with van der Waals surface area (Å²) in [6.07, 6.45) is 11.4. The number of unbranched alkanes of at least 4 members (excludes halogenated alkanes) is 8. The van der Waals surface area contributed by atoms with Crippen molar-refractivity contribution in [1.82, 2.24) is 0 Å². The molecule has 4 N–H and O–H groups in total. The zero-order valence-electron chi connectivity index (χ0n) is 40.7. The van der Waals surface area contributed by atoms with Crippen molar-refractivity contribution in [3.05, 3.63) is 190 Å². The fraction of sp³-hybridized carbons (Fsp3) is 0.333. The molecule has 0 aliphatic carbocycles. The van der Waals surface area contributed by atoms with Crippen LogP contribution in [0.1, 0.15) is 113 Å². The molecule has 6 aromatic carbocycles. The summed E-state index contributed by atoms with van der Waals surface area (Å²) >= 11 is 0. The van der Waals surface area contributed by atoms with E-state index < -0.39 is 54.0 Å². The van der Waals surface area contributed by atoms with Crippen LogP contribution in [0.3, 0.4) is 0 Å². The third-order valence-corrected chi connectivity index (χ3v) is 16.1. The molecule has 0 spiro atoms. The van der Waals surface area contributed by atoms with E-state index in [2.05, 4.69) is 28.8 Å². The Balaban J connectivity index is 0.000000267. The molecule has 384 valence electrons. The molecule has 0 aliphatic heterocycles.